The number of benzene rings is 1. The largest absolute Gasteiger partial charge is 0.331 e. The molecule has 0 amide bonds. The van der Waals surface area contributed by atoms with E-state index in [1.165, 1.54) is 5.52 Å². The molecule has 3 nitrogen and oxygen atoms in total. The molecule has 0 aliphatic heterocycles. The number of fused-ring (bicyclic) bond motifs is 1. The molecule has 2 rings (SSSR count). The van der Waals surface area contributed by atoms with Crippen LogP contribution in [0, 0.1) is 5.92 Å². The van der Waals surface area contributed by atoms with Crippen LogP contribution in [0.3, 0.4) is 0 Å². The molecule has 17 heavy (non-hydrogen) atoms. The summed E-state index contributed by atoms with van der Waals surface area (Å²) in [6.07, 6.45) is 0.984. The average Bonchev–Trinajstić information content (AvgIpc) is 2.63. The quantitative estimate of drug-likeness (QED) is 0.801. The van der Waals surface area contributed by atoms with Crippen molar-refractivity contribution in [2.75, 3.05) is 13.1 Å². The molecule has 0 saturated carbocycles. The minimum absolute atomic E-state index is 0.704. The zero-order valence-electron chi connectivity index (χ0n) is 10.9. The van der Waals surface area contributed by atoms with E-state index in [0.717, 1.165) is 30.9 Å². The van der Waals surface area contributed by atoms with Gasteiger partial charge in [0, 0.05) is 20.0 Å². The Hall–Kier alpha value is -1.35. The summed E-state index contributed by atoms with van der Waals surface area (Å²) in [5.74, 6) is 1.86. The third-order valence-corrected chi connectivity index (χ3v) is 2.96. The summed E-state index contributed by atoms with van der Waals surface area (Å²) >= 11 is 0. The Morgan fingerprint density at radius 1 is 1.29 bits per heavy atom. The predicted octanol–water partition coefficient (Wildman–Crippen LogP) is 2.36. The fraction of sp³-hybridized carbons (Fsp3) is 0.500. The third kappa shape index (κ3) is 2.86. The molecule has 0 aliphatic rings. The Kier molecular flexibility index (Phi) is 3.79. The summed E-state index contributed by atoms with van der Waals surface area (Å²) in [4.78, 5) is 4.65. The number of nitrogens with zero attached hydrogens (tertiary/aromatic N) is 2. The highest BCUT2D eigenvalue weighted by molar-refractivity contribution is 5.75. The molecule has 0 bridgehead atoms. The monoisotopic (exact) mass is 231 g/mol. The second-order valence-corrected chi connectivity index (χ2v) is 4.92. The van der Waals surface area contributed by atoms with Gasteiger partial charge < -0.3 is 9.88 Å². The molecule has 1 aromatic heterocycles. The SMILES string of the molecule is CC(C)CNCCc1nc2ccccc2n1C. The average molecular weight is 231 g/mol. The van der Waals surface area contributed by atoms with Crippen molar-refractivity contribution in [3.05, 3.63) is 30.1 Å². The minimum atomic E-state index is 0.704. The molecular weight excluding hydrogens is 210 g/mol. The van der Waals surface area contributed by atoms with Gasteiger partial charge in [-0.15, -0.1) is 0 Å². The van der Waals surface area contributed by atoms with Crippen molar-refractivity contribution in [3.63, 3.8) is 0 Å². The normalized spacial score (nSPS) is 11.5. The van der Waals surface area contributed by atoms with Crippen LogP contribution >= 0.6 is 0 Å². The van der Waals surface area contributed by atoms with Crippen LogP contribution in [0.4, 0.5) is 0 Å². The van der Waals surface area contributed by atoms with Crippen LogP contribution in [0.25, 0.3) is 11.0 Å². The van der Waals surface area contributed by atoms with Gasteiger partial charge in [0.05, 0.1) is 11.0 Å². The maximum absolute atomic E-state index is 4.65. The number of para-hydroxylation sites is 2. The zero-order valence-corrected chi connectivity index (χ0v) is 10.9. The van der Waals surface area contributed by atoms with Crippen molar-refractivity contribution < 1.29 is 0 Å². The maximum Gasteiger partial charge on any atom is 0.110 e. The number of aromatic nitrogens is 2. The van der Waals surface area contributed by atoms with Gasteiger partial charge in [0.2, 0.25) is 0 Å². The van der Waals surface area contributed by atoms with Crippen LogP contribution in [-0.4, -0.2) is 22.6 Å². The number of imidazole rings is 1. The van der Waals surface area contributed by atoms with Crippen LogP contribution in [0.15, 0.2) is 24.3 Å². The lowest BCUT2D eigenvalue weighted by Gasteiger charge is -2.07. The molecule has 0 radical (unpaired) electrons. The van der Waals surface area contributed by atoms with Crippen LogP contribution in [0.2, 0.25) is 0 Å². The highest BCUT2D eigenvalue weighted by Gasteiger charge is 2.06. The lowest BCUT2D eigenvalue weighted by Crippen LogP contribution is -2.23. The summed E-state index contributed by atoms with van der Waals surface area (Å²) < 4.78 is 2.19. The predicted molar refractivity (Wildman–Crippen MR) is 72.1 cm³/mol. The van der Waals surface area contributed by atoms with Gasteiger partial charge in [-0.05, 0) is 24.6 Å². The Labute approximate surface area is 103 Å². The van der Waals surface area contributed by atoms with E-state index in [2.05, 4.69) is 54.0 Å². The van der Waals surface area contributed by atoms with E-state index in [4.69, 9.17) is 0 Å². The second-order valence-electron chi connectivity index (χ2n) is 4.92. The number of hydrogen-bond acceptors (Lipinski definition) is 2. The molecular formula is C14H21N3. The fourth-order valence-corrected chi connectivity index (χ4v) is 2.01. The van der Waals surface area contributed by atoms with E-state index in [1.807, 2.05) is 6.07 Å². The molecule has 1 N–H and O–H groups in total. The highest BCUT2D eigenvalue weighted by Crippen LogP contribution is 2.14. The van der Waals surface area contributed by atoms with E-state index in [9.17, 15) is 0 Å². The zero-order chi connectivity index (χ0) is 12.3. The molecule has 2 aromatic rings. The summed E-state index contributed by atoms with van der Waals surface area (Å²) in [5.41, 5.74) is 2.31. The van der Waals surface area contributed by atoms with Crippen LogP contribution in [0.1, 0.15) is 19.7 Å². The van der Waals surface area contributed by atoms with Gasteiger partial charge in [-0.25, -0.2) is 4.98 Å². The van der Waals surface area contributed by atoms with Gasteiger partial charge in [-0.3, -0.25) is 0 Å². The summed E-state index contributed by atoms with van der Waals surface area (Å²) in [5, 5.41) is 3.45. The molecule has 0 saturated heterocycles. The molecule has 3 heteroatoms. The van der Waals surface area contributed by atoms with Crippen molar-refractivity contribution in [3.8, 4) is 0 Å². The lowest BCUT2D eigenvalue weighted by molar-refractivity contribution is 0.548. The minimum Gasteiger partial charge on any atom is -0.331 e. The third-order valence-electron chi connectivity index (χ3n) is 2.96. The van der Waals surface area contributed by atoms with E-state index in [1.54, 1.807) is 0 Å². The number of rotatable bonds is 5. The van der Waals surface area contributed by atoms with Crippen LogP contribution in [0.5, 0.6) is 0 Å². The Bertz CT molecular complexity index is 485. The number of hydrogen-bond donors (Lipinski definition) is 1. The first-order chi connectivity index (χ1) is 8.18. The summed E-state index contributed by atoms with van der Waals surface area (Å²) in [6.45, 7) is 6.52. The van der Waals surface area contributed by atoms with Gasteiger partial charge in [-0.2, -0.15) is 0 Å². The van der Waals surface area contributed by atoms with Gasteiger partial charge in [0.25, 0.3) is 0 Å². The van der Waals surface area contributed by atoms with Crippen molar-refractivity contribution in [1.29, 1.82) is 0 Å². The number of nitrogens with one attached hydrogen (secondary N) is 1. The molecule has 0 aliphatic carbocycles. The van der Waals surface area contributed by atoms with E-state index < -0.39 is 0 Å². The van der Waals surface area contributed by atoms with E-state index in [0.29, 0.717) is 5.92 Å². The maximum atomic E-state index is 4.65. The van der Waals surface area contributed by atoms with Gasteiger partial charge in [0.15, 0.2) is 0 Å². The Morgan fingerprint density at radius 2 is 2.06 bits per heavy atom. The van der Waals surface area contributed by atoms with Crippen LogP contribution < -0.4 is 5.32 Å². The molecule has 92 valence electrons. The van der Waals surface area contributed by atoms with Crippen molar-refractivity contribution >= 4 is 11.0 Å². The van der Waals surface area contributed by atoms with Crippen molar-refractivity contribution in [2.24, 2.45) is 13.0 Å². The van der Waals surface area contributed by atoms with Crippen LogP contribution in [-0.2, 0) is 13.5 Å². The lowest BCUT2D eigenvalue weighted by atomic mass is 10.2. The molecule has 0 atom stereocenters. The van der Waals surface area contributed by atoms with Gasteiger partial charge in [0.1, 0.15) is 5.82 Å². The highest BCUT2D eigenvalue weighted by atomic mass is 15.1. The smallest absolute Gasteiger partial charge is 0.110 e. The van der Waals surface area contributed by atoms with Gasteiger partial charge in [-0.1, -0.05) is 26.0 Å². The Balaban J connectivity index is 2.01. The standard InChI is InChI=1S/C14H21N3/c1-11(2)10-15-9-8-14-16-12-6-4-5-7-13(12)17(14)3/h4-7,11,15H,8-10H2,1-3H3. The number of aryl methyl sites for hydroxylation is 1. The molecule has 0 spiro atoms. The molecule has 1 heterocycles. The van der Waals surface area contributed by atoms with Gasteiger partial charge >= 0.3 is 0 Å². The summed E-state index contributed by atoms with van der Waals surface area (Å²) in [7, 11) is 2.09. The van der Waals surface area contributed by atoms with Crippen molar-refractivity contribution in [1.82, 2.24) is 14.9 Å². The first-order valence-electron chi connectivity index (χ1n) is 6.29. The molecule has 1 aromatic carbocycles. The fourth-order valence-electron chi connectivity index (χ4n) is 2.01. The first kappa shape index (κ1) is 12.1. The molecule has 0 fully saturated rings. The summed E-state index contributed by atoms with van der Waals surface area (Å²) in [6, 6.07) is 8.29. The topological polar surface area (TPSA) is 29.9 Å². The van der Waals surface area contributed by atoms with E-state index >= 15 is 0 Å². The first-order valence-corrected chi connectivity index (χ1v) is 6.29. The van der Waals surface area contributed by atoms with Crippen molar-refractivity contribution in [2.45, 2.75) is 20.3 Å². The molecule has 0 unspecified atom stereocenters. The second kappa shape index (κ2) is 5.32. The van der Waals surface area contributed by atoms with E-state index in [-0.39, 0.29) is 0 Å². The Morgan fingerprint density at radius 3 is 2.76 bits per heavy atom.